The van der Waals surface area contributed by atoms with Crippen LogP contribution in [0.25, 0.3) is 10.9 Å². The minimum Gasteiger partial charge on any atom is -0.359 e. The summed E-state index contributed by atoms with van der Waals surface area (Å²) in [6.45, 7) is 2.80. The number of carbonyl (C=O) groups is 3. The molecule has 1 aliphatic rings. The first-order chi connectivity index (χ1) is 12.0. The Morgan fingerprint density at radius 3 is 2.56 bits per heavy atom. The molecule has 132 valence electrons. The lowest BCUT2D eigenvalue weighted by atomic mass is 10.1. The average Bonchev–Trinajstić information content (AvgIpc) is 2.91. The Morgan fingerprint density at radius 1 is 1.16 bits per heavy atom. The van der Waals surface area contributed by atoms with E-state index in [0.717, 1.165) is 10.9 Å². The molecule has 2 aromatic rings. The van der Waals surface area contributed by atoms with Crippen molar-refractivity contribution >= 4 is 28.6 Å². The van der Waals surface area contributed by atoms with Crippen LogP contribution in [0.4, 0.5) is 0 Å². The number of para-hydroxylation sites is 1. The lowest BCUT2D eigenvalue weighted by molar-refractivity contribution is -0.130. The quantitative estimate of drug-likeness (QED) is 0.815. The van der Waals surface area contributed by atoms with Gasteiger partial charge in [0.1, 0.15) is 0 Å². The predicted molar refractivity (Wildman–Crippen MR) is 91.8 cm³/mol. The van der Waals surface area contributed by atoms with Crippen LogP contribution < -0.4 is 5.32 Å². The summed E-state index contributed by atoms with van der Waals surface area (Å²) in [5, 5.41) is 10.4. The van der Waals surface area contributed by atoms with E-state index in [0.29, 0.717) is 25.3 Å². The smallest absolute Gasteiger partial charge is 0.275 e. The monoisotopic (exact) mass is 343 g/mol. The minimum absolute atomic E-state index is 0.103. The fourth-order valence-corrected chi connectivity index (χ4v) is 3.13. The van der Waals surface area contributed by atoms with Gasteiger partial charge in [0.2, 0.25) is 11.8 Å². The molecule has 0 spiro atoms. The summed E-state index contributed by atoms with van der Waals surface area (Å²) in [6.07, 6.45) is 0. The zero-order valence-electron chi connectivity index (χ0n) is 14.3. The Balaban J connectivity index is 1.88. The van der Waals surface area contributed by atoms with Crippen LogP contribution in [0, 0.1) is 5.92 Å². The summed E-state index contributed by atoms with van der Waals surface area (Å²) < 4.78 is 0. The number of hydrogen-bond donors (Lipinski definition) is 2. The number of aromatic amines is 1. The van der Waals surface area contributed by atoms with Crippen LogP contribution in [-0.2, 0) is 9.59 Å². The average molecular weight is 343 g/mol. The second-order valence-corrected chi connectivity index (χ2v) is 6.15. The van der Waals surface area contributed by atoms with Gasteiger partial charge in [-0.2, -0.15) is 5.10 Å². The van der Waals surface area contributed by atoms with E-state index in [9.17, 15) is 14.4 Å². The molecule has 1 aliphatic heterocycles. The van der Waals surface area contributed by atoms with Crippen molar-refractivity contribution in [1.82, 2.24) is 25.3 Å². The maximum Gasteiger partial charge on any atom is 0.275 e. The van der Waals surface area contributed by atoms with Gasteiger partial charge in [-0.05, 0) is 6.07 Å². The maximum atomic E-state index is 13.0. The van der Waals surface area contributed by atoms with Crippen LogP contribution in [-0.4, -0.2) is 70.9 Å². The summed E-state index contributed by atoms with van der Waals surface area (Å²) in [6, 6.07) is 7.41. The number of nitrogens with one attached hydrogen (secondary N) is 2. The summed E-state index contributed by atoms with van der Waals surface area (Å²) in [4.78, 5) is 40.1. The molecule has 3 rings (SSSR count). The van der Waals surface area contributed by atoms with Crippen LogP contribution in [0.5, 0.6) is 0 Å². The minimum atomic E-state index is -0.467. The van der Waals surface area contributed by atoms with Crippen molar-refractivity contribution in [2.45, 2.75) is 6.92 Å². The largest absolute Gasteiger partial charge is 0.359 e. The van der Waals surface area contributed by atoms with Gasteiger partial charge >= 0.3 is 0 Å². The van der Waals surface area contributed by atoms with Gasteiger partial charge in [-0.3, -0.25) is 19.5 Å². The van der Waals surface area contributed by atoms with Crippen molar-refractivity contribution < 1.29 is 14.4 Å². The molecule has 0 saturated carbocycles. The summed E-state index contributed by atoms with van der Waals surface area (Å²) >= 11 is 0. The van der Waals surface area contributed by atoms with Crippen LogP contribution in [0.3, 0.4) is 0 Å². The van der Waals surface area contributed by atoms with Gasteiger partial charge in [0, 0.05) is 45.5 Å². The third-order valence-electron chi connectivity index (χ3n) is 4.54. The second-order valence-electron chi connectivity index (χ2n) is 6.15. The van der Waals surface area contributed by atoms with Crippen molar-refractivity contribution in [3.63, 3.8) is 0 Å². The first kappa shape index (κ1) is 16.9. The highest BCUT2D eigenvalue weighted by Crippen LogP contribution is 2.19. The molecule has 2 N–H and O–H groups in total. The number of fused-ring (bicyclic) bond motifs is 1. The highest BCUT2D eigenvalue weighted by Gasteiger charge is 2.32. The fraction of sp³-hybridized carbons (Fsp3) is 0.412. The molecule has 1 saturated heterocycles. The van der Waals surface area contributed by atoms with E-state index in [1.807, 2.05) is 24.3 Å². The fourth-order valence-electron chi connectivity index (χ4n) is 3.13. The molecule has 0 bridgehead atoms. The first-order valence-corrected chi connectivity index (χ1v) is 8.20. The summed E-state index contributed by atoms with van der Waals surface area (Å²) in [5.41, 5.74) is 1.12. The Bertz CT molecular complexity index is 815. The van der Waals surface area contributed by atoms with Crippen LogP contribution in [0.2, 0.25) is 0 Å². The zero-order valence-corrected chi connectivity index (χ0v) is 14.3. The van der Waals surface area contributed by atoms with Crippen molar-refractivity contribution in [3.05, 3.63) is 30.0 Å². The number of benzene rings is 1. The second kappa shape index (κ2) is 6.92. The predicted octanol–water partition coefficient (Wildman–Crippen LogP) is 0.229. The molecular weight excluding hydrogens is 322 g/mol. The Morgan fingerprint density at radius 2 is 1.84 bits per heavy atom. The van der Waals surface area contributed by atoms with Crippen LogP contribution in [0.1, 0.15) is 17.4 Å². The number of carbonyl (C=O) groups excluding carboxylic acids is 3. The van der Waals surface area contributed by atoms with E-state index in [1.54, 1.807) is 16.8 Å². The van der Waals surface area contributed by atoms with Gasteiger partial charge in [0.25, 0.3) is 5.91 Å². The molecule has 8 heteroatoms. The number of hydrogen-bond acceptors (Lipinski definition) is 4. The molecule has 3 amide bonds. The zero-order chi connectivity index (χ0) is 18.0. The molecule has 0 aliphatic carbocycles. The lowest BCUT2D eigenvalue weighted by Gasteiger charge is -2.22. The summed E-state index contributed by atoms with van der Waals surface area (Å²) in [5.74, 6) is -0.992. The molecule has 2 heterocycles. The van der Waals surface area contributed by atoms with Gasteiger partial charge in [0.15, 0.2) is 5.69 Å². The third-order valence-corrected chi connectivity index (χ3v) is 4.54. The number of amides is 3. The van der Waals surface area contributed by atoms with Crippen molar-refractivity contribution in [2.75, 3.05) is 33.2 Å². The Hall–Kier alpha value is -2.90. The normalized spacial score (nSPS) is 18.1. The third kappa shape index (κ3) is 3.33. The topological polar surface area (TPSA) is 98.4 Å². The van der Waals surface area contributed by atoms with Crippen LogP contribution >= 0.6 is 0 Å². The first-order valence-electron chi connectivity index (χ1n) is 8.20. The molecule has 1 fully saturated rings. The lowest BCUT2D eigenvalue weighted by Crippen LogP contribution is -2.42. The van der Waals surface area contributed by atoms with E-state index in [2.05, 4.69) is 15.5 Å². The highest BCUT2D eigenvalue weighted by molar-refractivity contribution is 6.04. The molecule has 0 radical (unpaired) electrons. The summed E-state index contributed by atoms with van der Waals surface area (Å²) in [7, 11) is 1.55. The van der Waals surface area contributed by atoms with Gasteiger partial charge in [-0.15, -0.1) is 0 Å². The number of nitrogens with zero attached hydrogens (tertiary/aromatic N) is 3. The van der Waals surface area contributed by atoms with Gasteiger partial charge in [-0.1, -0.05) is 18.2 Å². The van der Waals surface area contributed by atoms with Gasteiger partial charge in [0.05, 0.1) is 11.4 Å². The van der Waals surface area contributed by atoms with E-state index in [-0.39, 0.29) is 24.3 Å². The number of aromatic nitrogens is 2. The van der Waals surface area contributed by atoms with Crippen molar-refractivity contribution in [2.24, 2.45) is 5.92 Å². The van der Waals surface area contributed by atoms with Gasteiger partial charge in [-0.25, -0.2) is 0 Å². The highest BCUT2D eigenvalue weighted by atomic mass is 16.2. The SMILES string of the molecule is CNC(=O)[C@@H]1CN(C(C)=O)CCN(C(=O)c2n[nH]c3ccccc23)C1. The Labute approximate surface area is 145 Å². The van der Waals surface area contributed by atoms with Crippen molar-refractivity contribution in [3.8, 4) is 0 Å². The molecule has 0 unspecified atom stereocenters. The van der Waals surface area contributed by atoms with Gasteiger partial charge < -0.3 is 15.1 Å². The molecular formula is C17H21N5O3. The molecule has 1 atom stereocenters. The molecule has 1 aromatic carbocycles. The number of rotatable bonds is 2. The standard InChI is InChI=1S/C17H21N5O3/c1-11(23)21-7-8-22(10-12(9-21)16(24)18-2)17(25)15-13-5-3-4-6-14(13)19-20-15/h3-6,12H,7-10H2,1-2H3,(H,18,24)(H,19,20)/t12-/m1/s1. The maximum absolute atomic E-state index is 13.0. The van der Waals surface area contributed by atoms with Crippen molar-refractivity contribution in [1.29, 1.82) is 0 Å². The van der Waals surface area contributed by atoms with E-state index in [4.69, 9.17) is 0 Å². The molecule has 1 aromatic heterocycles. The van der Waals surface area contributed by atoms with E-state index in [1.165, 1.54) is 6.92 Å². The van der Waals surface area contributed by atoms with E-state index >= 15 is 0 Å². The van der Waals surface area contributed by atoms with Crippen LogP contribution in [0.15, 0.2) is 24.3 Å². The number of H-pyrrole nitrogens is 1. The molecule has 25 heavy (non-hydrogen) atoms. The molecule has 8 nitrogen and oxygen atoms in total. The van der Waals surface area contributed by atoms with E-state index < -0.39 is 5.92 Å². The Kier molecular flexibility index (Phi) is 4.69.